The number of carboxylic acid groups (broad SMARTS) is 1. The van der Waals surface area contributed by atoms with E-state index in [9.17, 15) is 9.90 Å². The standard InChI is InChI=1S/C9H10O4/c10-6-9(13,8(11)12)7-4-2-1-3-5-7/h1-5,10,13H,6H2,(H,11,12)/t9-/m1/s1. The van der Waals surface area contributed by atoms with Gasteiger partial charge in [0.25, 0.3) is 0 Å². The molecule has 0 heterocycles. The first-order valence-corrected chi connectivity index (χ1v) is 3.73. The molecule has 0 aliphatic rings. The van der Waals surface area contributed by atoms with E-state index in [0.717, 1.165) is 0 Å². The smallest absolute Gasteiger partial charge is 0.342 e. The Bertz CT molecular complexity index is 296. The van der Waals surface area contributed by atoms with E-state index in [1.54, 1.807) is 18.2 Å². The number of rotatable bonds is 3. The zero-order valence-electron chi connectivity index (χ0n) is 6.84. The SMILES string of the molecule is O=C(O)[C@@](O)(CO)c1ccccc1. The van der Waals surface area contributed by atoms with Crippen molar-refractivity contribution in [1.29, 1.82) is 0 Å². The molecule has 0 radical (unpaired) electrons. The van der Waals surface area contributed by atoms with Crippen molar-refractivity contribution in [3.05, 3.63) is 35.9 Å². The van der Waals surface area contributed by atoms with Crippen LogP contribution in [0.4, 0.5) is 0 Å². The van der Waals surface area contributed by atoms with E-state index in [1.165, 1.54) is 12.1 Å². The van der Waals surface area contributed by atoms with Gasteiger partial charge in [0.15, 0.2) is 0 Å². The molecule has 1 atom stereocenters. The van der Waals surface area contributed by atoms with Crippen LogP contribution in [-0.2, 0) is 10.4 Å². The number of carbonyl (C=O) groups is 1. The van der Waals surface area contributed by atoms with E-state index >= 15 is 0 Å². The number of carboxylic acids is 1. The molecule has 0 amide bonds. The minimum absolute atomic E-state index is 0.171. The first-order chi connectivity index (χ1) is 6.11. The fraction of sp³-hybridized carbons (Fsp3) is 0.222. The molecule has 70 valence electrons. The van der Waals surface area contributed by atoms with Gasteiger partial charge in [-0.1, -0.05) is 30.3 Å². The van der Waals surface area contributed by atoms with Gasteiger partial charge in [-0.2, -0.15) is 0 Å². The molecule has 0 aromatic heterocycles. The van der Waals surface area contributed by atoms with Gasteiger partial charge in [-0.05, 0) is 5.56 Å². The maximum atomic E-state index is 10.6. The lowest BCUT2D eigenvalue weighted by Crippen LogP contribution is -2.39. The van der Waals surface area contributed by atoms with E-state index in [4.69, 9.17) is 10.2 Å². The summed E-state index contributed by atoms with van der Waals surface area (Å²) in [6.45, 7) is -0.841. The molecule has 4 heteroatoms. The molecule has 0 saturated carbocycles. The van der Waals surface area contributed by atoms with Gasteiger partial charge in [0.2, 0.25) is 5.60 Å². The topological polar surface area (TPSA) is 77.8 Å². The predicted molar refractivity (Wildman–Crippen MR) is 45.1 cm³/mol. The molecule has 1 aromatic rings. The number of benzene rings is 1. The molecule has 4 nitrogen and oxygen atoms in total. The molecule has 0 aliphatic heterocycles. The Kier molecular flexibility index (Phi) is 2.65. The highest BCUT2D eigenvalue weighted by Crippen LogP contribution is 2.20. The quantitative estimate of drug-likeness (QED) is 0.612. The summed E-state index contributed by atoms with van der Waals surface area (Å²) in [5.74, 6) is -1.46. The van der Waals surface area contributed by atoms with Gasteiger partial charge in [-0.25, -0.2) is 4.79 Å². The van der Waals surface area contributed by atoms with Gasteiger partial charge in [0, 0.05) is 0 Å². The lowest BCUT2D eigenvalue weighted by Gasteiger charge is -2.20. The van der Waals surface area contributed by atoms with E-state index in [1.807, 2.05) is 0 Å². The molecule has 3 N–H and O–H groups in total. The van der Waals surface area contributed by atoms with E-state index in [2.05, 4.69) is 0 Å². The maximum absolute atomic E-state index is 10.6. The van der Waals surface area contributed by atoms with Crippen LogP contribution in [0.2, 0.25) is 0 Å². The normalized spacial score (nSPS) is 14.9. The van der Waals surface area contributed by atoms with Gasteiger partial charge in [0.05, 0.1) is 6.61 Å². The molecule has 0 saturated heterocycles. The average Bonchev–Trinajstić information content (AvgIpc) is 2.17. The average molecular weight is 182 g/mol. The molecular weight excluding hydrogens is 172 g/mol. The number of hydrogen-bond donors (Lipinski definition) is 3. The van der Waals surface area contributed by atoms with Gasteiger partial charge in [-0.15, -0.1) is 0 Å². The molecule has 0 bridgehead atoms. The highest BCUT2D eigenvalue weighted by molar-refractivity contribution is 5.79. The van der Waals surface area contributed by atoms with E-state index in [-0.39, 0.29) is 5.56 Å². The van der Waals surface area contributed by atoms with Crippen molar-refractivity contribution in [2.24, 2.45) is 0 Å². The summed E-state index contributed by atoms with van der Waals surface area (Å²) in [6, 6.07) is 7.79. The van der Waals surface area contributed by atoms with Crippen molar-refractivity contribution >= 4 is 5.97 Å². The Morgan fingerprint density at radius 1 is 1.31 bits per heavy atom. The van der Waals surface area contributed by atoms with E-state index in [0.29, 0.717) is 0 Å². The van der Waals surface area contributed by atoms with Gasteiger partial charge in [0.1, 0.15) is 0 Å². The molecule has 0 fully saturated rings. The van der Waals surface area contributed by atoms with Crippen molar-refractivity contribution < 1.29 is 20.1 Å². The van der Waals surface area contributed by atoms with Crippen LogP contribution in [0.3, 0.4) is 0 Å². The Labute approximate surface area is 75.1 Å². The van der Waals surface area contributed by atoms with E-state index < -0.39 is 18.2 Å². The Morgan fingerprint density at radius 3 is 2.23 bits per heavy atom. The second kappa shape index (κ2) is 3.55. The van der Waals surface area contributed by atoms with Gasteiger partial charge < -0.3 is 15.3 Å². The third kappa shape index (κ3) is 1.68. The summed E-state index contributed by atoms with van der Waals surface area (Å²) in [4.78, 5) is 10.6. The summed E-state index contributed by atoms with van der Waals surface area (Å²) in [5.41, 5.74) is -2.02. The molecule has 0 spiro atoms. The summed E-state index contributed by atoms with van der Waals surface area (Å²) in [6.07, 6.45) is 0. The van der Waals surface area contributed by atoms with Crippen LogP contribution < -0.4 is 0 Å². The molecular formula is C9H10O4. The Morgan fingerprint density at radius 2 is 1.85 bits per heavy atom. The summed E-state index contributed by atoms with van der Waals surface area (Å²) in [5, 5.41) is 27.0. The number of aliphatic carboxylic acids is 1. The summed E-state index contributed by atoms with van der Waals surface area (Å²) >= 11 is 0. The lowest BCUT2D eigenvalue weighted by molar-refractivity contribution is -0.164. The van der Waals surface area contributed by atoms with Crippen molar-refractivity contribution in [3.63, 3.8) is 0 Å². The minimum Gasteiger partial charge on any atom is -0.479 e. The predicted octanol–water partition coefficient (Wildman–Crippen LogP) is -0.0489. The second-order valence-electron chi connectivity index (χ2n) is 2.69. The number of aliphatic hydroxyl groups excluding tert-OH is 1. The van der Waals surface area contributed by atoms with Gasteiger partial charge >= 0.3 is 5.97 Å². The van der Waals surface area contributed by atoms with Crippen LogP contribution in [0.15, 0.2) is 30.3 Å². The van der Waals surface area contributed by atoms with Crippen molar-refractivity contribution in [2.75, 3.05) is 6.61 Å². The molecule has 1 rings (SSSR count). The third-order valence-corrected chi connectivity index (χ3v) is 1.83. The number of aliphatic hydroxyl groups is 2. The van der Waals surface area contributed by atoms with Crippen LogP contribution in [0.25, 0.3) is 0 Å². The highest BCUT2D eigenvalue weighted by Gasteiger charge is 2.37. The zero-order valence-corrected chi connectivity index (χ0v) is 6.84. The van der Waals surface area contributed by atoms with Crippen LogP contribution in [0, 0.1) is 0 Å². The van der Waals surface area contributed by atoms with Gasteiger partial charge in [-0.3, -0.25) is 0 Å². The monoisotopic (exact) mass is 182 g/mol. The maximum Gasteiger partial charge on any atom is 0.342 e. The zero-order chi connectivity index (χ0) is 9.90. The third-order valence-electron chi connectivity index (χ3n) is 1.83. The molecule has 1 aromatic carbocycles. The van der Waals surface area contributed by atoms with Crippen LogP contribution in [0.5, 0.6) is 0 Å². The van der Waals surface area contributed by atoms with Crippen LogP contribution >= 0.6 is 0 Å². The minimum atomic E-state index is -2.19. The highest BCUT2D eigenvalue weighted by atomic mass is 16.4. The lowest BCUT2D eigenvalue weighted by atomic mass is 9.95. The Balaban J connectivity index is 3.11. The largest absolute Gasteiger partial charge is 0.479 e. The molecule has 13 heavy (non-hydrogen) atoms. The Hall–Kier alpha value is -1.39. The first kappa shape index (κ1) is 9.70. The van der Waals surface area contributed by atoms with Crippen molar-refractivity contribution in [3.8, 4) is 0 Å². The van der Waals surface area contributed by atoms with Crippen LogP contribution in [0.1, 0.15) is 5.56 Å². The van der Waals surface area contributed by atoms with Crippen molar-refractivity contribution in [2.45, 2.75) is 5.60 Å². The van der Waals surface area contributed by atoms with Crippen molar-refractivity contribution in [1.82, 2.24) is 0 Å². The summed E-state index contributed by atoms with van der Waals surface area (Å²) in [7, 11) is 0. The fourth-order valence-corrected chi connectivity index (χ4v) is 0.996. The summed E-state index contributed by atoms with van der Waals surface area (Å²) < 4.78 is 0. The number of hydrogen-bond acceptors (Lipinski definition) is 3. The molecule has 0 aliphatic carbocycles. The first-order valence-electron chi connectivity index (χ1n) is 3.73. The fourth-order valence-electron chi connectivity index (χ4n) is 0.996. The second-order valence-corrected chi connectivity index (χ2v) is 2.69. The molecule has 0 unspecified atom stereocenters. The van der Waals surface area contributed by atoms with Crippen LogP contribution in [-0.4, -0.2) is 27.9 Å².